The minimum absolute atomic E-state index is 0.343. The third-order valence-corrected chi connectivity index (χ3v) is 6.53. The number of imidazole rings is 1. The Bertz CT molecular complexity index is 527. The quantitative estimate of drug-likeness (QED) is 0.830. The van der Waals surface area contributed by atoms with Gasteiger partial charge in [-0.1, -0.05) is 13.3 Å². The zero-order valence-electron chi connectivity index (χ0n) is 13.0. The van der Waals surface area contributed by atoms with Gasteiger partial charge in [0.05, 0.1) is 11.6 Å². The molecule has 0 amide bonds. The first-order valence-corrected chi connectivity index (χ1v) is 9.15. The zero-order chi connectivity index (χ0) is 15.5. The van der Waals surface area contributed by atoms with Gasteiger partial charge in [-0.3, -0.25) is 0 Å². The van der Waals surface area contributed by atoms with Gasteiger partial charge in [0, 0.05) is 37.6 Å². The fourth-order valence-corrected chi connectivity index (χ4v) is 4.19. The van der Waals surface area contributed by atoms with Crippen molar-refractivity contribution < 1.29 is 8.42 Å². The van der Waals surface area contributed by atoms with E-state index in [1.807, 2.05) is 6.20 Å². The summed E-state index contributed by atoms with van der Waals surface area (Å²) in [5.74, 6) is 0.357. The number of nitrogens with one attached hydrogen (secondary N) is 2. The van der Waals surface area contributed by atoms with Crippen molar-refractivity contribution in [3.05, 3.63) is 18.2 Å². The molecule has 1 aliphatic rings. The lowest BCUT2D eigenvalue weighted by molar-refractivity contribution is 0.200. The van der Waals surface area contributed by atoms with E-state index in [9.17, 15) is 8.42 Å². The Morgan fingerprint density at radius 1 is 1.52 bits per heavy atom. The van der Waals surface area contributed by atoms with E-state index in [1.54, 1.807) is 24.5 Å². The van der Waals surface area contributed by atoms with Crippen LogP contribution in [0.4, 0.5) is 0 Å². The molecule has 0 spiro atoms. The monoisotopic (exact) mass is 314 g/mol. The van der Waals surface area contributed by atoms with Gasteiger partial charge in [0.25, 0.3) is 0 Å². The number of aromatic nitrogens is 2. The number of hydrogen-bond donors (Lipinski definition) is 2. The Kier molecular flexibility index (Phi) is 5.40. The van der Waals surface area contributed by atoms with Gasteiger partial charge < -0.3 is 10.3 Å². The van der Waals surface area contributed by atoms with Crippen LogP contribution < -0.4 is 5.32 Å². The average Bonchev–Trinajstić information content (AvgIpc) is 2.97. The van der Waals surface area contributed by atoms with E-state index in [4.69, 9.17) is 0 Å². The lowest BCUT2D eigenvalue weighted by Crippen LogP contribution is -2.52. The van der Waals surface area contributed by atoms with Crippen molar-refractivity contribution >= 4 is 10.0 Å². The van der Waals surface area contributed by atoms with Gasteiger partial charge in [-0.15, -0.1) is 0 Å². The third kappa shape index (κ3) is 3.84. The fraction of sp³-hybridized carbons (Fsp3) is 0.786. The van der Waals surface area contributed by atoms with Gasteiger partial charge in [0.2, 0.25) is 10.0 Å². The zero-order valence-corrected chi connectivity index (χ0v) is 13.9. The third-order valence-electron chi connectivity index (χ3n) is 4.29. The van der Waals surface area contributed by atoms with E-state index in [0.29, 0.717) is 25.0 Å². The highest BCUT2D eigenvalue weighted by molar-refractivity contribution is 7.89. The van der Waals surface area contributed by atoms with E-state index in [1.165, 1.54) is 0 Å². The van der Waals surface area contributed by atoms with Crippen molar-refractivity contribution in [3.8, 4) is 0 Å². The van der Waals surface area contributed by atoms with Gasteiger partial charge in [-0.05, 0) is 26.2 Å². The highest BCUT2D eigenvalue weighted by Gasteiger charge is 2.34. The number of sulfonamides is 1. The molecule has 0 radical (unpaired) electrons. The van der Waals surface area contributed by atoms with Crippen LogP contribution in [0, 0.1) is 5.92 Å². The van der Waals surface area contributed by atoms with Crippen LogP contribution in [0.1, 0.15) is 39.3 Å². The molecule has 2 heterocycles. The highest BCUT2D eigenvalue weighted by atomic mass is 32.2. The minimum atomic E-state index is -3.14. The maximum absolute atomic E-state index is 12.3. The van der Waals surface area contributed by atoms with Crippen LogP contribution in [0.3, 0.4) is 0 Å². The van der Waals surface area contributed by atoms with Crippen molar-refractivity contribution in [2.75, 3.05) is 13.1 Å². The Morgan fingerprint density at radius 2 is 2.29 bits per heavy atom. The molecule has 6 nitrogen and oxygen atoms in total. The molecule has 2 N–H and O–H groups in total. The summed E-state index contributed by atoms with van der Waals surface area (Å²) >= 11 is 0. The summed E-state index contributed by atoms with van der Waals surface area (Å²) in [6.45, 7) is 7.60. The molecule has 0 aromatic carbocycles. The smallest absolute Gasteiger partial charge is 0.216 e. The van der Waals surface area contributed by atoms with Gasteiger partial charge >= 0.3 is 0 Å². The van der Waals surface area contributed by atoms with Gasteiger partial charge in [0.1, 0.15) is 0 Å². The fourth-order valence-electron chi connectivity index (χ4n) is 2.83. The van der Waals surface area contributed by atoms with Crippen molar-refractivity contribution in [1.29, 1.82) is 0 Å². The molecule has 1 aliphatic heterocycles. The molecule has 1 aromatic rings. The number of aromatic amines is 1. The van der Waals surface area contributed by atoms with E-state index in [0.717, 1.165) is 25.1 Å². The Balaban J connectivity index is 1.95. The predicted molar refractivity (Wildman–Crippen MR) is 83.2 cm³/mol. The first kappa shape index (κ1) is 16.5. The summed E-state index contributed by atoms with van der Waals surface area (Å²) in [5.41, 5.74) is 1.06. The summed E-state index contributed by atoms with van der Waals surface area (Å²) in [7, 11) is -3.14. The van der Waals surface area contributed by atoms with E-state index in [2.05, 4.69) is 22.2 Å². The highest BCUT2D eigenvalue weighted by Crippen LogP contribution is 2.24. The minimum Gasteiger partial charge on any atom is -0.347 e. The van der Waals surface area contributed by atoms with E-state index >= 15 is 0 Å². The second-order valence-corrected chi connectivity index (χ2v) is 8.46. The number of H-pyrrole nitrogens is 1. The summed E-state index contributed by atoms with van der Waals surface area (Å²) in [6, 6.07) is 0.358. The lowest BCUT2D eigenvalue weighted by Gasteiger charge is -2.38. The van der Waals surface area contributed by atoms with Crippen LogP contribution in [0.25, 0.3) is 0 Å². The van der Waals surface area contributed by atoms with Crippen LogP contribution in [-0.2, 0) is 16.6 Å². The van der Waals surface area contributed by atoms with Crippen LogP contribution in [0.15, 0.2) is 12.5 Å². The van der Waals surface area contributed by atoms with Crippen LogP contribution in [-0.4, -0.2) is 47.1 Å². The molecule has 0 saturated carbocycles. The lowest BCUT2D eigenvalue weighted by atomic mass is 9.91. The first-order valence-electron chi connectivity index (χ1n) is 7.64. The van der Waals surface area contributed by atoms with Crippen LogP contribution >= 0.6 is 0 Å². The molecule has 2 rings (SSSR count). The molecule has 7 heteroatoms. The van der Waals surface area contributed by atoms with E-state index < -0.39 is 10.0 Å². The molecule has 0 bridgehead atoms. The maximum Gasteiger partial charge on any atom is 0.216 e. The predicted octanol–water partition coefficient (Wildman–Crippen LogP) is 1.34. The second-order valence-electron chi connectivity index (χ2n) is 5.97. The van der Waals surface area contributed by atoms with Gasteiger partial charge in [-0.2, -0.15) is 0 Å². The number of rotatable bonds is 6. The summed E-state index contributed by atoms with van der Waals surface area (Å²) in [5, 5.41) is 3.19. The molecular weight excluding hydrogens is 288 g/mol. The molecule has 120 valence electrons. The van der Waals surface area contributed by atoms with E-state index in [-0.39, 0.29) is 5.25 Å². The largest absolute Gasteiger partial charge is 0.347 e. The average molecular weight is 314 g/mol. The number of nitrogens with zero attached hydrogens (tertiary/aromatic N) is 2. The molecular formula is C14H26N4O2S. The van der Waals surface area contributed by atoms with Crippen LogP contribution in [0.5, 0.6) is 0 Å². The standard InChI is InChI=1S/C14H26N4O2S/c1-4-12-9-18(21(19,20)11(2)3)6-5-14(12)16-8-13-7-15-10-17-13/h7,10-12,14,16H,4-6,8-9H2,1-3H3,(H,15,17). The second kappa shape index (κ2) is 6.89. The molecule has 1 saturated heterocycles. The SMILES string of the molecule is CCC1CN(S(=O)(=O)C(C)C)CCC1NCc1cnc[nH]1. The summed E-state index contributed by atoms with van der Waals surface area (Å²) < 4.78 is 26.2. The normalized spacial score (nSPS) is 24.6. The van der Waals surface area contributed by atoms with Gasteiger partial charge in [0.15, 0.2) is 0 Å². The molecule has 2 atom stereocenters. The first-order chi connectivity index (χ1) is 9.95. The maximum atomic E-state index is 12.3. The molecule has 0 aliphatic carbocycles. The van der Waals surface area contributed by atoms with Crippen molar-refractivity contribution in [2.45, 2.75) is 51.4 Å². The Morgan fingerprint density at radius 3 is 2.86 bits per heavy atom. The Hall–Kier alpha value is -0.920. The van der Waals surface area contributed by atoms with Crippen molar-refractivity contribution in [2.24, 2.45) is 5.92 Å². The topological polar surface area (TPSA) is 78.1 Å². The van der Waals surface area contributed by atoms with Crippen molar-refractivity contribution in [3.63, 3.8) is 0 Å². The molecule has 1 fully saturated rings. The molecule has 2 unspecified atom stereocenters. The molecule has 1 aromatic heterocycles. The summed E-state index contributed by atoms with van der Waals surface area (Å²) in [6.07, 6.45) is 5.32. The van der Waals surface area contributed by atoms with Crippen molar-refractivity contribution in [1.82, 2.24) is 19.6 Å². The summed E-state index contributed by atoms with van der Waals surface area (Å²) in [4.78, 5) is 7.08. The van der Waals surface area contributed by atoms with Crippen LogP contribution in [0.2, 0.25) is 0 Å². The Labute approximate surface area is 127 Å². The number of piperidine rings is 1. The van der Waals surface area contributed by atoms with Gasteiger partial charge in [-0.25, -0.2) is 17.7 Å². The molecule has 21 heavy (non-hydrogen) atoms. The number of hydrogen-bond acceptors (Lipinski definition) is 4.